The van der Waals surface area contributed by atoms with E-state index in [2.05, 4.69) is 25.4 Å². The van der Waals surface area contributed by atoms with Gasteiger partial charge in [-0.2, -0.15) is 0 Å². The van der Waals surface area contributed by atoms with E-state index in [0.717, 1.165) is 23.8 Å². The Bertz CT molecular complexity index is 580. The molecule has 0 radical (unpaired) electrons. The Kier molecular flexibility index (Phi) is 4.37. The molecule has 0 unspecified atom stereocenters. The fraction of sp³-hybridized carbons (Fsp3) is 0.714. The number of nitrogens with one attached hydrogen (secondary N) is 2. The number of amides is 3. The number of urea groups is 1. The second-order valence-corrected chi connectivity index (χ2v) is 7.13. The van der Waals surface area contributed by atoms with Crippen LogP contribution in [0.15, 0.2) is 5.16 Å². The third-order valence-electron chi connectivity index (χ3n) is 3.77. The topological polar surface area (TPSA) is 88.9 Å². The van der Waals surface area contributed by atoms with Gasteiger partial charge in [0.2, 0.25) is 5.91 Å². The maximum atomic E-state index is 12.0. The number of nitrogens with zero attached hydrogens (tertiary/aromatic N) is 3. The first-order valence-electron chi connectivity index (χ1n) is 7.80. The van der Waals surface area contributed by atoms with Crippen molar-refractivity contribution in [3.05, 3.63) is 5.82 Å². The Hall–Kier alpha value is -1.57. The lowest BCUT2D eigenvalue weighted by Gasteiger charge is -2.12. The van der Waals surface area contributed by atoms with Gasteiger partial charge >= 0.3 is 6.03 Å². The van der Waals surface area contributed by atoms with Gasteiger partial charge in [0.1, 0.15) is 5.82 Å². The van der Waals surface area contributed by atoms with Crippen molar-refractivity contribution in [1.29, 1.82) is 0 Å². The number of imide groups is 1. The van der Waals surface area contributed by atoms with Crippen molar-refractivity contribution in [3.63, 3.8) is 0 Å². The highest BCUT2D eigenvalue weighted by molar-refractivity contribution is 8.00. The monoisotopic (exact) mass is 323 g/mol. The van der Waals surface area contributed by atoms with E-state index in [1.807, 2.05) is 0 Å². The van der Waals surface area contributed by atoms with E-state index < -0.39 is 11.3 Å². The molecule has 22 heavy (non-hydrogen) atoms. The van der Waals surface area contributed by atoms with Crippen LogP contribution in [0.25, 0.3) is 0 Å². The second kappa shape index (κ2) is 6.28. The minimum Gasteiger partial charge on any atom is -0.338 e. The zero-order valence-corrected chi connectivity index (χ0v) is 13.7. The summed E-state index contributed by atoms with van der Waals surface area (Å²) in [5, 5.41) is 13.9. The summed E-state index contributed by atoms with van der Waals surface area (Å²) in [5.74, 6) is 1.30. The van der Waals surface area contributed by atoms with Gasteiger partial charge in [0, 0.05) is 18.5 Å². The molecule has 1 aromatic heterocycles. The first-order chi connectivity index (χ1) is 10.6. The zero-order chi connectivity index (χ0) is 15.7. The minimum absolute atomic E-state index is 0.311. The number of rotatable bonds is 6. The normalized spacial score (nSPS) is 18.8. The second-order valence-electron chi connectivity index (χ2n) is 5.83. The van der Waals surface area contributed by atoms with Crippen LogP contribution in [0.4, 0.5) is 4.79 Å². The molecule has 0 aromatic carbocycles. The van der Waals surface area contributed by atoms with Gasteiger partial charge in [-0.1, -0.05) is 11.8 Å². The molecule has 3 rings (SSSR count). The molecular formula is C14H21N5O2S. The number of hydrogen-bond acceptors (Lipinski definition) is 5. The highest BCUT2D eigenvalue weighted by atomic mass is 32.2. The molecule has 1 aromatic rings. The van der Waals surface area contributed by atoms with E-state index in [9.17, 15) is 9.59 Å². The van der Waals surface area contributed by atoms with Crippen LogP contribution in [0.1, 0.15) is 57.3 Å². The van der Waals surface area contributed by atoms with Crippen LogP contribution < -0.4 is 10.6 Å². The molecule has 1 atom stereocenters. The quantitative estimate of drug-likeness (QED) is 0.780. The average Bonchev–Trinajstić information content (AvgIpc) is 3.38. The van der Waals surface area contributed by atoms with Crippen molar-refractivity contribution in [2.45, 2.75) is 61.9 Å². The van der Waals surface area contributed by atoms with Gasteiger partial charge in [-0.15, -0.1) is 10.2 Å². The molecule has 1 heterocycles. The maximum Gasteiger partial charge on any atom is 0.321 e. The maximum absolute atomic E-state index is 12.0. The molecule has 8 heteroatoms. The van der Waals surface area contributed by atoms with Crippen LogP contribution in [0, 0.1) is 0 Å². The van der Waals surface area contributed by atoms with E-state index >= 15 is 0 Å². The number of aromatic nitrogens is 3. The Morgan fingerprint density at radius 2 is 2.05 bits per heavy atom. The first kappa shape index (κ1) is 15.3. The summed E-state index contributed by atoms with van der Waals surface area (Å²) < 4.78 is 2.21. The van der Waals surface area contributed by atoms with Gasteiger partial charge in [-0.25, -0.2) is 4.79 Å². The number of thioether (sulfide) groups is 1. The van der Waals surface area contributed by atoms with E-state index in [4.69, 9.17) is 0 Å². The molecule has 2 fully saturated rings. The molecule has 7 nitrogen and oxygen atoms in total. The molecule has 120 valence electrons. The van der Waals surface area contributed by atoms with Crippen molar-refractivity contribution in [1.82, 2.24) is 25.4 Å². The summed E-state index contributed by atoms with van der Waals surface area (Å²) in [4.78, 5) is 23.4. The van der Waals surface area contributed by atoms with Crippen LogP contribution in [0.2, 0.25) is 0 Å². The number of carbonyl (C=O) groups excluding carboxylic acids is 2. The molecule has 0 bridgehead atoms. The van der Waals surface area contributed by atoms with Crippen LogP contribution in [-0.4, -0.2) is 38.5 Å². The van der Waals surface area contributed by atoms with Crippen molar-refractivity contribution >= 4 is 23.7 Å². The fourth-order valence-corrected chi connectivity index (χ4v) is 3.22. The van der Waals surface area contributed by atoms with Crippen LogP contribution in [-0.2, 0) is 4.79 Å². The molecular weight excluding hydrogens is 302 g/mol. The summed E-state index contributed by atoms with van der Waals surface area (Å²) in [5.41, 5.74) is 0. The van der Waals surface area contributed by atoms with Gasteiger partial charge in [0.25, 0.3) is 0 Å². The van der Waals surface area contributed by atoms with Crippen LogP contribution in [0.3, 0.4) is 0 Å². The largest absolute Gasteiger partial charge is 0.338 e. The zero-order valence-electron chi connectivity index (χ0n) is 12.8. The van der Waals surface area contributed by atoms with Gasteiger partial charge in [-0.3, -0.25) is 10.1 Å². The van der Waals surface area contributed by atoms with Gasteiger partial charge < -0.3 is 9.88 Å². The van der Waals surface area contributed by atoms with Crippen molar-refractivity contribution < 1.29 is 9.59 Å². The van der Waals surface area contributed by atoms with E-state index in [1.54, 1.807) is 13.8 Å². The molecule has 0 saturated heterocycles. The lowest BCUT2D eigenvalue weighted by atomic mass is 10.4. The minimum atomic E-state index is -0.456. The number of hydrogen-bond donors (Lipinski definition) is 2. The smallest absolute Gasteiger partial charge is 0.321 e. The molecule has 2 aliphatic carbocycles. The third kappa shape index (κ3) is 3.43. The highest BCUT2D eigenvalue weighted by Crippen LogP contribution is 2.46. The van der Waals surface area contributed by atoms with Crippen LogP contribution in [0.5, 0.6) is 0 Å². The van der Waals surface area contributed by atoms with Gasteiger partial charge in [-0.05, 0) is 39.5 Å². The molecule has 0 aliphatic heterocycles. The van der Waals surface area contributed by atoms with Gasteiger partial charge in [0.15, 0.2) is 5.16 Å². The van der Waals surface area contributed by atoms with Crippen molar-refractivity contribution in [3.8, 4) is 0 Å². The van der Waals surface area contributed by atoms with Crippen molar-refractivity contribution in [2.75, 3.05) is 6.54 Å². The Morgan fingerprint density at radius 3 is 2.64 bits per heavy atom. The first-order valence-corrected chi connectivity index (χ1v) is 8.68. The predicted molar refractivity (Wildman–Crippen MR) is 82.8 cm³/mol. The fourth-order valence-electron chi connectivity index (χ4n) is 2.29. The van der Waals surface area contributed by atoms with E-state index in [1.165, 1.54) is 24.6 Å². The summed E-state index contributed by atoms with van der Waals surface area (Å²) in [6, 6.07) is 0.0361. The molecule has 2 aliphatic rings. The van der Waals surface area contributed by atoms with Gasteiger partial charge in [0.05, 0.1) is 5.25 Å². The Balaban J connectivity index is 1.65. The Morgan fingerprint density at radius 1 is 1.32 bits per heavy atom. The predicted octanol–water partition coefficient (Wildman–Crippen LogP) is 1.82. The summed E-state index contributed by atoms with van der Waals surface area (Å²) in [7, 11) is 0. The standard InChI is InChI=1S/C14H21N5O2S/c1-3-15-13(21)16-12(20)8(2)22-14-18-17-11(9-4-5-9)19(14)10-6-7-10/h8-10H,3-7H2,1-2H3,(H2,15,16,20,21)/t8-/m1/s1. The molecule has 2 saturated carbocycles. The summed E-state index contributed by atoms with van der Waals surface area (Å²) >= 11 is 1.37. The van der Waals surface area contributed by atoms with E-state index in [0.29, 0.717) is 18.5 Å². The highest BCUT2D eigenvalue weighted by Gasteiger charge is 2.37. The lowest BCUT2D eigenvalue weighted by Crippen LogP contribution is -2.42. The lowest BCUT2D eigenvalue weighted by molar-refractivity contribution is -0.119. The summed E-state index contributed by atoms with van der Waals surface area (Å²) in [6.07, 6.45) is 4.68. The van der Waals surface area contributed by atoms with E-state index in [-0.39, 0.29) is 5.91 Å². The average molecular weight is 323 g/mol. The third-order valence-corrected chi connectivity index (χ3v) is 4.83. The number of carbonyl (C=O) groups is 2. The molecule has 2 N–H and O–H groups in total. The van der Waals surface area contributed by atoms with Crippen molar-refractivity contribution in [2.24, 2.45) is 0 Å². The Labute approximate surface area is 133 Å². The SMILES string of the molecule is CCNC(=O)NC(=O)[C@@H](C)Sc1nnc(C2CC2)n1C1CC1. The summed E-state index contributed by atoms with van der Waals surface area (Å²) in [6.45, 7) is 4.07. The van der Waals surface area contributed by atoms with Crippen LogP contribution >= 0.6 is 11.8 Å². The molecule has 3 amide bonds. The molecule has 0 spiro atoms.